The number of para-hydroxylation sites is 1. The van der Waals surface area contributed by atoms with Crippen molar-refractivity contribution in [3.8, 4) is 0 Å². The number of hydrogen-bond donors (Lipinski definition) is 1. The minimum Gasteiger partial charge on any atom is -0.478 e. The van der Waals surface area contributed by atoms with E-state index in [1.165, 1.54) is 44.9 Å². The van der Waals surface area contributed by atoms with Gasteiger partial charge in [-0.2, -0.15) is 0 Å². The summed E-state index contributed by atoms with van der Waals surface area (Å²) >= 11 is 0. The van der Waals surface area contributed by atoms with Crippen molar-refractivity contribution in [2.75, 3.05) is 0 Å². The number of fused-ring (bicyclic) bond motifs is 1. The zero-order valence-electron chi connectivity index (χ0n) is 12.1. The Balaban J connectivity index is 1.91. The third kappa shape index (κ3) is 2.13. The number of imidazole rings is 1. The maximum Gasteiger partial charge on any atom is 0.337 e. The van der Waals surface area contributed by atoms with E-state index in [1.807, 2.05) is 12.1 Å². The predicted molar refractivity (Wildman–Crippen MR) is 80.8 cm³/mol. The van der Waals surface area contributed by atoms with Gasteiger partial charge in [0.05, 0.1) is 11.1 Å². The van der Waals surface area contributed by atoms with Crippen molar-refractivity contribution >= 4 is 17.0 Å². The average molecular weight is 284 g/mol. The van der Waals surface area contributed by atoms with E-state index in [2.05, 4.69) is 4.57 Å². The zero-order valence-corrected chi connectivity index (χ0v) is 12.1. The lowest BCUT2D eigenvalue weighted by Gasteiger charge is -2.25. The van der Waals surface area contributed by atoms with Crippen LogP contribution in [0.5, 0.6) is 0 Å². The Labute approximate surface area is 123 Å². The third-order valence-electron chi connectivity index (χ3n) is 4.86. The molecule has 4 nitrogen and oxygen atoms in total. The van der Waals surface area contributed by atoms with E-state index < -0.39 is 5.97 Å². The third-order valence-corrected chi connectivity index (χ3v) is 4.86. The van der Waals surface area contributed by atoms with E-state index >= 15 is 0 Å². The molecule has 1 heterocycles. The molecule has 0 saturated heterocycles. The lowest BCUT2D eigenvalue weighted by Crippen LogP contribution is -2.15. The Morgan fingerprint density at radius 1 is 1.14 bits per heavy atom. The van der Waals surface area contributed by atoms with Crippen LogP contribution >= 0.6 is 0 Å². The van der Waals surface area contributed by atoms with Gasteiger partial charge in [-0.1, -0.05) is 25.3 Å². The predicted octanol–water partition coefficient (Wildman–Crippen LogP) is 4.12. The molecule has 1 N–H and O–H groups in total. The normalized spacial score (nSPS) is 20.0. The van der Waals surface area contributed by atoms with Crippen LogP contribution in [-0.4, -0.2) is 20.6 Å². The van der Waals surface area contributed by atoms with Crippen molar-refractivity contribution in [3.63, 3.8) is 0 Å². The van der Waals surface area contributed by atoms with Gasteiger partial charge < -0.3 is 9.67 Å². The number of rotatable bonds is 3. The number of carbonyl (C=O) groups is 1. The molecule has 0 unspecified atom stereocenters. The molecule has 0 radical (unpaired) electrons. The van der Waals surface area contributed by atoms with E-state index in [4.69, 9.17) is 4.98 Å². The number of hydrogen-bond acceptors (Lipinski definition) is 2. The van der Waals surface area contributed by atoms with Crippen LogP contribution < -0.4 is 0 Å². The Hall–Kier alpha value is -1.84. The number of carboxylic acid groups (broad SMARTS) is 1. The van der Waals surface area contributed by atoms with Gasteiger partial charge in [-0.25, -0.2) is 9.78 Å². The number of benzene rings is 1. The molecule has 1 aromatic carbocycles. The Bertz CT molecular complexity index is 694. The highest BCUT2D eigenvalue weighted by Crippen LogP contribution is 2.44. The van der Waals surface area contributed by atoms with Crippen LogP contribution in [0.4, 0.5) is 0 Å². The van der Waals surface area contributed by atoms with Crippen molar-refractivity contribution in [2.45, 2.75) is 56.9 Å². The lowest BCUT2D eigenvalue weighted by molar-refractivity contribution is 0.0699. The van der Waals surface area contributed by atoms with E-state index in [1.54, 1.807) is 6.07 Å². The van der Waals surface area contributed by atoms with Crippen molar-refractivity contribution in [2.24, 2.45) is 0 Å². The summed E-state index contributed by atoms with van der Waals surface area (Å²) in [6, 6.07) is 6.06. The molecule has 0 aliphatic heterocycles. The number of nitrogens with zero attached hydrogens (tertiary/aromatic N) is 2. The molecule has 2 aliphatic rings. The molecule has 0 spiro atoms. The number of aromatic nitrogens is 2. The van der Waals surface area contributed by atoms with Gasteiger partial charge in [0.1, 0.15) is 11.3 Å². The molecule has 1 aromatic heterocycles. The van der Waals surface area contributed by atoms with E-state index in [0.717, 1.165) is 11.3 Å². The maximum atomic E-state index is 11.4. The monoisotopic (exact) mass is 284 g/mol. The maximum absolute atomic E-state index is 11.4. The van der Waals surface area contributed by atoms with Gasteiger partial charge in [0, 0.05) is 12.0 Å². The fraction of sp³-hybridized carbons (Fsp3) is 0.529. The Kier molecular flexibility index (Phi) is 2.98. The molecule has 0 bridgehead atoms. The second kappa shape index (κ2) is 4.86. The fourth-order valence-electron chi connectivity index (χ4n) is 3.66. The van der Waals surface area contributed by atoms with Gasteiger partial charge in [0.15, 0.2) is 0 Å². The summed E-state index contributed by atoms with van der Waals surface area (Å²) in [5.41, 5.74) is 2.03. The SMILES string of the molecule is O=C(O)c1cccc2c1nc(C1CC1)n2C1CCCCC1. The summed E-state index contributed by atoms with van der Waals surface area (Å²) in [5.74, 6) is 0.794. The summed E-state index contributed by atoms with van der Waals surface area (Å²) in [6.07, 6.45) is 8.64. The molecule has 2 saturated carbocycles. The van der Waals surface area contributed by atoms with Crippen LogP contribution in [0.25, 0.3) is 11.0 Å². The number of aromatic carboxylic acids is 1. The largest absolute Gasteiger partial charge is 0.478 e. The summed E-state index contributed by atoms with van der Waals surface area (Å²) in [7, 11) is 0. The first-order valence-electron chi connectivity index (χ1n) is 8.00. The summed E-state index contributed by atoms with van der Waals surface area (Å²) in [6.45, 7) is 0. The van der Waals surface area contributed by atoms with Crippen LogP contribution in [0.2, 0.25) is 0 Å². The summed E-state index contributed by atoms with van der Waals surface area (Å²) in [4.78, 5) is 16.2. The minimum absolute atomic E-state index is 0.337. The topological polar surface area (TPSA) is 55.1 Å². The molecule has 2 aromatic rings. The van der Waals surface area contributed by atoms with Crippen molar-refractivity contribution in [1.82, 2.24) is 9.55 Å². The van der Waals surface area contributed by atoms with Gasteiger partial charge in [-0.05, 0) is 37.8 Å². The van der Waals surface area contributed by atoms with Crippen LogP contribution in [0.15, 0.2) is 18.2 Å². The first-order chi connectivity index (χ1) is 10.3. The molecule has 0 atom stereocenters. The van der Waals surface area contributed by atoms with Crippen LogP contribution in [0, 0.1) is 0 Å². The molecule has 4 rings (SSSR count). The highest BCUT2D eigenvalue weighted by Gasteiger charge is 2.33. The fourth-order valence-corrected chi connectivity index (χ4v) is 3.66. The van der Waals surface area contributed by atoms with Crippen LogP contribution in [0.3, 0.4) is 0 Å². The smallest absolute Gasteiger partial charge is 0.337 e. The molecular formula is C17H20N2O2. The first kappa shape index (κ1) is 12.9. The second-order valence-corrected chi connectivity index (χ2v) is 6.38. The minimum atomic E-state index is -0.878. The van der Waals surface area contributed by atoms with Gasteiger partial charge in [0.2, 0.25) is 0 Å². The average Bonchev–Trinajstić information content (AvgIpc) is 3.27. The van der Waals surface area contributed by atoms with Gasteiger partial charge >= 0.3 is 5.97 Å². The van der Waals surface area contributed by atoms with Crippen molar-refractivity contribution in [3.05, 3.63) is 29.6 Å². The lowest BCUT2D eigenvalue weighted by atomic mass is 9.95. The van der Waals surface area contributed by atoms with Crippen molar-refractivity contribution < 1.29 is 9.90 Å². The first-order valence-corrected chi connectivity index (χ1v) is 8.00. The molecule has 2 fully saturated rings. The molecule has 21 heavy (non-hydrogen) atoms. The Morgan fingerprint density at radius 3 is 2.57 bits per heavy atom. The highest BCUT2D eigenvalue weighted by atomic mass is 16.4. The van der Waals surface area contributed by atoms with Crippen LogP contribution in [-0.2, 0) is 0 Å². The molecule has 4 heteroatoms. The quantitative estimate of drug-likeness (QED) is 0.922. The highest BCUT2D eigenvalue weighted by molar-refractivity contribution is 6.01. The van der Waals surface area contributed by atoms with E-state index in [9.17, 15) is 9.90 Å². The zero-order chi connectivity index (χ0) is 14.4. The van der Waals surface area contributed by atoms with Gasteiger partial charge in [-0.3, -0.25) is 0 Å². The van der Waals surface area contributed by atoms with Crippen molar-refractivity contribution in [1.29, 1.82) is 0 Å². The van der Waals surface area contributed by atoms with E-state index in [0.29, 0.717) is 23.0 Å². The summed E-state index contributed by atoms with van der Waals surface area (Å²) in [5, 5.41) is 9.40. The number of carboxylic acids is 1. The summed E-state index contributed by atoms with van der Waals surface area (Å²) < 4.78 is 2.37. The van der Waals surface area contributed by atoms with E-state index in [-0.39, 0.29) is 0 Å². The second-order valence-electron chi connectivity index (χ2n) is 6.38. The van der Waals surface area contributed by atoms with Crippen LogP contribution in [0.1, 0.15) is 73.1 Å². The Morgan fingerprint density at radius 2 is 1.90 bits per heavy atom. The molecule has 0 amide bonds. The van der Waals surface area contributed by atoms with Gasteiger partial charge in [-0.15, -0.1) is 0 Å². The standard InChI is InChI=1S/C17H20N2O2/c20-17(21)13-7-4-8-14-15(13)18-16(11-9-10-11)19(14)12-5-2-1-3-6-12/h4,7-8,11-12H,1-3,5-6,9-10H2,(H,20,21). The molecular weight excluding hydrogens is 264 g/mol. The van der Waals surface area contributed by atoms with Gasteiger partial charge in [0.25, 0.3) is 0 Å². The molecule has 110 valence electrons. The molecule has 2 aliphatic carbocycles.